The van der Waals surface area contributed by atoms with E-state index in [0.29, 0.717) is 19.0 Å². The summed E-state index contributed by atoms with van der Waals surface area (Å²) in [7, 11) is 0. The van der Waals surface area contributed by atoms with Crippen LogP contribution in [0.5, 0.6) is 0 Å². The van der Waals surface area contributed by atoms with Crippen LogP contribution in [0.25, 0.3) is 11.0 Å². The van der Waals surface area contributed by atoms with E-state index in [0.717, 1.165) is 35.4 Å². The predicted octanol–water partition coefficient (Wildman–Crippen LogP) is 2.41. The fourth-order valence-corrected chi connectivity index (χ4v) is 3.43. The summed E-state index contributed by atoms with van der Waals surface area (Å²) in [4.78, 5) is 26.8. The maximum atomic E-state index is 12.8. The van der Waals surface area contributed by atoms with Crippen LogP contribution in [0.4, 0.5) is 5.82 Å². The van der Waals surface area contributed by atoms with Crippen LogP contribution >= 0.6 is 0 Å². The van der Waals surface area contributed by atoms with Crippen LogP contribution in [0, 0.1) is 13.8 Å². The number of H-pyrrole nitrogens is 1. The molecule has 1 unspecified atom stereocenters. The lowest BCUT2D eigenvalue weighted by molar-refractivity contribution is -0.133. The number of hydrogen-bond donors (Lipinski definition) is 2. The number of aryl methyl sites for hydroxylation is 2. The van der Waals surface area contributed by atoms with Crippen molar-refractivity contribution in [3.8, 4) is 0 Å². The van der Waals surface area contributed by atoms with E-state index < -0.39 is 6.10 Å². The zero-order valence-corrected chi connectivity index (χ0v) is 15.5. The third kappa shape index (κ3) is 3.70. The molecule has 0 bridgehead atoms. The molecule has 2 aromatic heterocycles. The van der Waals surface area contributed by atoms with E-state index in [1.807, 2.05) is 32.0 Å². The standard InChI is InChI=1S/C20H23N5O2/c1-13-14(2)23-18-17(13)19(22-12-21-18)24-20(26)16-11-25(8-9-27-16)10-15-6-4-3-5-7-15/h3-7,12,16H,8-11H2,1-2H3,(H2,21,22,23,24,26). The second-order valence-corrected chi connectivity index (χ2v) is 6.89. The number of aromatic nitrogens is 3. The minimum atomic E-state index is -0.521. The maximum Gasteiger partial charge on any atom is 0.256 e. The number of nitrogens with zero attached hydrogens (tertiary/aromatic N) is 3. The smallest absolute Gasteiger partial charge is 0.256 e. The molecule has 0 saturated carbocycles. The van der Waals surface area contributed by atoms with Crippen molar-refractivity contribution in [2.24, 2.45) is 0 Å². The van der Waals surface area contributed by atoms with Gasteiger partial charge >= 0.3 is 0 Å². The highest BCUT2D eigenvalue weighted by molar-refractivity contribution is 6.01. The molecule has 2 N–H and O–H groups in total. The van der Waals surface area contributed by atoms with E-state index in [1.165, 1.54) is 11.9 Å². The van der Waals surface area contributed by atoms with E-state index in [1.54, 1.807) is 0 Å². The van der Waals surface area contributed by atoms with E-state index in [-0.39, 0.29) is 5.91 Å². The van der Waals surface area contributed by atoms with Crippen molar-refractivity contribution in [2.45, 2.75) is 26.5 Å². The molecule has 3 aromatic rings. The Morgan fingerprint density at radius 2 is 2.11 bits per heavy atom. The Balaban J connectivity index is 1.47. The Kier molecular flexibility index (Phi) is 4.87. The van der Waals surface area contributed by atoms with E-state index in [9.17, 15) is 4.79 Å². The highest BCUT2D eigenvalue weighted by Gasteiger charge is 2.27. The first kappa shape index (κ1) is 17.6. The number of rotatable bonds is 4. The van der Waals surface area contributed by atoms with Crippen molar-refractivity contribution in [3.05, 3.63) is 53.5 Å². The molecule has 1 aliphatic rings. The molecule has 1 amide bonds. The summed E-state index contributed by atoms with van der Waals surface area (Å²) in [6.45, 7) is 6.68. The topological polar surface area (TPSA) is 83.1 Å². The molecule has 27 heavy (non-hydrogen) atoms. The van der Waals surface area contributed by atoms with Gasteiger partial charge in [-0.2, -0.15) is 0 Å². The van der Waals surface area contributed by atoms with Crippen LogP contribution in [0.2, 0.25) is 0 Å². The SMILES string of the molecule is Cc1[nH]c2ncnc(NC(=O)C3CN(Cc4ccccc4)CCO3)c2c1C. The average Bonchev–Trinajstić information content (AvgIpc) is 2.98. The second kappa shape index (κ2) is 7.46. The van der Waals surface area contributed by atoms with E-state index in [2.05, 4.69) is 37.3 Å². The summed E-state index contributed by atoms with van der Waals surface area (Å²) < 4.78 is 5.72. The lowest BCUT2D eigenvalue weighted by Gasteiger charge is -2.32. The number of fused-ring (bicyclic) bond motifs is 1. The number of nitrogens with one attached hydrogen (secondary N) is 2. The van der Waals surface area contributed by atoms with Crippen molar-refractivity contribution in [2.75, 3.05) is 25.0 Å². The minimum Gasteiger partial charge on any atom is -0.366 e. The van der Waals surface area contributed by atoms with Gasteiger partial charge in [-0.1, -0.05) is 30.3 Å². The molecular formula is C20H23N5O2. The first-order chi connectivity index (χ1) is 13.1. The van der Waals surface area contributed by atoms with Gasteiger partial charge < -0.3 is 15.0 Å². The molecule has 140 valence electrons. The van der Waals surface area contributed by atoms with Crippen LogP contribution in [0.3, 0.4) is 0 Å². The number of amides is 1. The normalized spacial score (nSPS) is 17.9. The number of morpholine rings is 1. The molecule has 0 spiro atoms. The zero-order chi connectivity index (χ0) is 18.8. The fraction of sp³-hybridized carbons (Fsp3) is 0.350. The van der Waals surface area contributed by atoms with Gasteiger partial charge in [0, 0.05) is 25.3 Å². The summed E-state index contributed by atoms with van der Waals surface area (Å²) >= 11 is 0. The summed E-state index contributed by atoms with van der Waals surface area (Å²) in [5.74, 6) is 0.349. The number of aromatic amines is 1. The number of anilines is 1. The number of carbonyl (C=O) groups is 1. The molecule has 7 heteroatoms. The van der Waals surface area contributed by atoms with Crippen molar-refractivity contribution >= 4 is 22.8 Å². The summed E-state index contributed by atoms with van der Waals surface area (Å²) in [5, 5.41) is 3.78. The molecule has 1 aliphatic heterocycles. The largest absolute Gasteiger partial charge is 0.366 e. The molecule has 4 rings (SSSR count). The minimum absolute atomic E-state index is 0.175. The number of carbonyl (C=O) groups excluding carboxylic acids is 1. The first-order valence-electron chi connectivity index (χ1n) is 9.10. The van der Waals surface area contributed by atoms with Crippen molar-refractivity contribution in [1.82, 2.24) is 19.9 Å². The highest BCUT2D eigenvalue weighted by atomic mass is 16.5. The van der Waals surface area contributed by atoms with Gasteiger partial charge in [-0.3, -0.25) is 9.69 Å². The lowest BCUT2D eigenvalue weighted by Crippen LogP contribution is -2.47. The summed E-state index contributed by atoms with van der Waals surface area (Å²) in [5.41, 5.74) is 4.01. The average molecular weight is 365 g/mol. The van der Waals surface area contributed by atoms with Gasteiger partial charge in [0.1, 0.15) is 23.9 Å². The number of hydrogen-bond acceptors (Lipinski definition) is 5. The van der Waals surface area contributed by atoms with Crippen molar-refractivity contribution in [3.63, 3.8) is 0 Å². The summed E-state index contributed by atoms with van der Waals surface area (Å²) in [6, 6.07) is 10.3. The van der Waals surface area contributed by atoms with E-state index >= 15 is 0 Å². The lowest BCUT2D eigenvalue weighted by atomic mass is 10.1. The quantitative estimate of drug-likeness (QED) is 0.742. The molecule has 1 atom stereocenters. The molecule has 0 radical (unpaired) electrons. The summed E-state index contributed by atoms with van der Waals surface area (Å²) in [6.07, 6.45) is 0.935. The Morgan fingerprint density at radius 3 is 2.93 bits per heavy atom. The van der Waals surface area contributed by atoms with Crippen LogP contribution in [0.15, 0.2) is 36.7 Å². The molecule has 0 aliphatic carbocycles. The Bertz CT molecular complexity index is 954. The van der Waals surface area contributed by atoms with Crippen LogP contribution < -0.4 is 5.32 Å². The predicted molar refractivity (Wildman–Crippen MR) is 103 cm³/mol. The van der Waals surface area contributed by atoms with Gasteiger partial charge in [-0.25, -0.2) is 9.97 Å². The van der Waals surface area contributed by atoms with Crippen LogP contribution in [-0.2, 0) is 16.1 Å². The van der Waals surface area contributed by atoms with Crippen molar-refractivity contribution in [1.29, 1.82) is 0 Å². The Hall–Kier alpha value is -2.77. The molecule has 1 fully saturated rings. The third-order valence-corrected chi connectivity index (χ3v) is 5.02. The van der Waals surface area contributed by atoms with Gasteiger partial charge in [-0.15, -0.1) is 0 Å². The first-order valence-corrected chi connectivity index (χ1v) is 9.10. The highest BCUT2D eigenvalue weighted by Crippen LogP contribution is 2.25. The molecule has 1 aromatic carbocycles. The van der Waals surface area contributed by atoms with Crippen LogP contribution in [0.1, 0.15) is 16.8 Å². The molecular weight excluding hydrogens is 342 g/mol. The fourth-order valence-electron chi connectivity index (χ4n) is 3.43. The third-order valence-electron chi connectivity index (χ3n) is 5.02. The Labute approximate surface area is 157 Å². The molecule has 1 saturated heterocycles. The van der Waals surface area contributed by atoms with Gasteiger partial charge in [0.25, 0.3) is 5.91 Å². The van der Waals surface area contributed by atoms with Gasteiger partial charge in [0.05, 0.1) is 12.0 Å². The molecule has 7 nitrogen and oxygen atoms in total. The van der Waals surface area contributed by atoms with Crippen LogP contribution in [-0.4, -0.2) is 51.6 Å². The van der Waals surface area contributed by atoms with Gasteiger partial charge in [-0.05, 0) is 25.0 Å². The van der Waals surface area contributed by atoms with Gasteiger partial charge in [0.15, 0.2) is 0 Å². The number of benzene rings is 1. The second-order valence-electron chi connectivity index (χ2n) is 6.89. The van der Waals surface area contributed by atoms with Crippen molar-refractivity contribution < 1.29 is 9.53 Å². The maximum absolute atomic E-state index is 12.8. The monoisotopic (exact) mass is 365 g/mol. The molecule has 3 heterocycles. The zero-order valence-electron chi connectivity index (χ0n) is 15.5. The number of ether oxygens (including phenoxy) is 1. The Morgan fingerprint density at radius 1 is 1.30 bits per heavy atom. The van der Waals surface area contributed by atoms with Gasteiger partial charge in [0.2, 0.25) is 0 Å². The van der Waals surface area contributed by atoms with E-state index in [4.69, 9.17) is 4.74 Å².